The number of hydrogen-bond donors (Lipinski definition) is 1. The van der Waals surface area contributed by atoms with E-state index in [2.05, 4.69) is 55.0 Å². The molecule has 1 aromatic rings. The molecule has 0 saturated carbocycles. The summed E-state index contributed by atoms with van der Waals surface area (Å²) in [5.41, 5.74) is 2.89. The number of hydrogen-bond acceptors (Lipinski definition) is 3. The highest BCUT2D eigenvalue weighted by molar-refractivity contribution is 5.14. The Kier molecular flexibility index (Phi) is 5.17. The van der Waals surface area contributed by atoms with E-state index in [4.69, 9.17) is 0 Å². The van der Waals surface area contributed by atoms with E-state index in [0.29, 0.717) is 5.41 Å². The van der Waals surface area contributed by atoms with Crippen molar-refractivity contribution in [3.05, 3.63) is 29.6 Å². The molecule has 1 unspecified atom stereocenters. The van der Waals surface area contributed by atoms with Gasteiger partial charge in [-0.2, -0.15) is 0 Å². The Morgan fingerprint density at radius 3 is 2.70 bits per heavy atom. The van der Waals surface area contributed by atoms with Crippen LogP contribution in [-0.2, 0) is 13.1 Å². The van der Waals surface area contributed by atoms with E-state index in [9.17, 15) is 0 Å². The van der Waals surface area contributed by atoms with Gasteiger partial charge >= 0.3 is 0 Å². The van der Waals surface area contributed by atoms with Crippen LogP contribution in [0.3, 0.4) is 0 Å². The maximum absolute atomic E-state index is 4.60. The Morgan fingerprint density at radius 1 is 1.35 bits per heavy atom. The van der Waals surface area contributed by atoms with Gasteiger partial charge in [-0.1, -0.05) is 33.8 Å². The molecule has 1 saturated heterocycles. The van der Waals surface area contributed by atoms with Crippen molar-refractivity contribution in [1.29, 1.82) is 0 Å². The maximum Gasteiger partial charge on any atom is 0.0544 e. The standard InChI is InChI=1S/C17H29N3/c1-5-18-10-14-6-7-16(19-11-14)13-20-9-8-15(12-20)17(2,3)4/h6-7,11,15,18H,5,8-10,12-13H2,1-4H3. The van der Waals surface area contributed by atoms with Gasteiger partial charge in [0.2, 0.25) is 0 Å². The summed E-state index contributed by atoms with van der Waals surface area (Å²) < 4.78 is 0. The second kappa shape index (κ2) is 6.68. The topological polar surface area (TPSA) is 28.2 Å². The highest BCUT2D eigenvalue weighted by Crippen LogP contribution is 2.33. The Bertz CT molecular complexity index is 405. The minimum Gasteiger partial charge on any atom is -0.313 e. The minimum absolute atomic E-state index is 0.428. The summed E-state index contributed by atoms with van der Waals surface area (Å²) in [5, 5.41) is 3.33. The Hall–Kier alpha value is -0.930. The van der Waals surface area contributed by atoms with Crippen LogP contribution in [-0.4, -0.2) is 29.5 Å². The largest absolute Gasteiger partial charge is 0.313 e. The van der Waals surface area contributed by atoms with E-state index in [1.807, 2.05) is 6.20 Å². The third kappa shape index (κ3) is 4.29. The van der Waals surface area contributed by atoms with Crippen molar-refractivity contribution in [3.63, 3.8) is 0 Å². The van der Waals surface area contributed by atoms with E-state index < -0.39 is 0 Å². The minimum atomic E-state index is 0.428. The van der Waals surface area contributed by atoms with E-state index >= 15 is 0 Å². The zero-order chi connectivity index (χ0) is 14.6. The Balaban J connectivity index is 1.85. The quantitative estimate of drug-likeness (QED) is 0.895. The number of rotatable bonds is 5. The average Bonchev–Trinajstić information content (AvgIpc) is 2.86. The zero-order valence-corrected chi connectivity index (χ0v) is 13.4. The molecule has 0 aliphatic carbocycles. The number of nitrogens with one attached hydrogen (secondary N) is 1. The maximum atomic E-state index is 4.60. The van der Waals surface area contributed by atoms with Gasteiger partial charge in [0.25, 0.3) is 0 Å². The highest BCUT2D eigenvalue weighted by atomic mass is 15.2. The van der Waals surface area contributed by atoms with Gasteiger partial charge < -0.3 is 5.32 Å². The van der Waals surface area contributed by atoms with Crippen molar-refractivity contribution >= 4 is 0 Å². The SMILES string of the molecule is CCNCc1ccc(CN2CCC(C(C)(C)C)C2)nc1. The van der Waals surface area contributed by atoms with Crippen LogP contribution < -0.4 is 5.32 Å². The average molecular weight is 275 g/mol. The second-order valence-electron chi connectivity index (χ2n) is 7.02. The van der Waals surface area contributed by atoms with E-state index in [0.717, 1.165) is 25.6 Å². The van der Waals surface area contributed by atoms with Crippen LogP contribution in [0.5, 0.6) is 0 Å². The van der Waals surface area contributed by atoms with Gasteiger partial charge in [0, 0.05) is 25.8 Å². The molecular weight excluding hydrogens is 246 g/mol. The summed E-state index contributed by atoms with van der Waals surface area (Å²) in [7, 11) is 0. The van der Waals surface area contributed by atoms with Crippen molar-refractivity contribution in [3.8, 4) is 0 Å². The van der Waals surface area contributed by atoms with Gasteiger partial charge in [-0.15, -0.1) is 0 Å². The lowest BCUT2D eigenvalue weighted by Crippen LogP contribution is -2.26. The first kappa shape index (κ1) is 15.5. The molecule has 2 rings (SSSR count). The lowest BCUT2D eigenvalue weighted by molar-refractivity contribution is 0.225. The molecule has 0 amide bonds. The first-order chi connectivity index (χ1) is 9.49. The van der Waals surface area contributed by atoms with E-state index in [1.165, 1.54) is 30.8 Å². The molecule has 20 heavy (non-hydrogen) atoms. The number of likely N-dealkylation sites (tertiary alicyclic amines) is 1. The number of aromatic nitrogens is 1. The fourth-order valence-corrected chi connectivity index (χ4v) is 2.83. The molecule has 1 fully saturated rings. The molecule has 3 heteroatoms. The molecule has 0 bridgehead atoms. The van der Waals surface area contributed by atoms with E-state index in [-0.39, 0.29) is 0 Å². The molecule has 1 atom stereocenters. The molecule has 0 aromatic carbocycles. The summed E-state index contributed by atoms with van der Waals surface area (Å²) >= 11 is 0. The van der Waals surface area contributed by atoms with Crippen LogP contribution in [0.15, 0.2) is 18.3 Å². The predicted molar refractivity (Wildman–Crippen MR) is 84.5 cm³/mol. The molecule has 0 spiro atoms. The smallest absolute Gasteiger partial charge is 0.0544 e. The van der Waals surface area contributed by atoms with Crippen LogP contribution in [0.25, 0.3) is 0 Å². The number of nitrogens with zero attached hydrogens (tertiary/aromatic N) is 2. The molecule has 1 aromatic heterocycles. The summed E-state index contributed by atoms with van der Waals surface area (Å²) in [4.78, 5) is 7.14. The normalized spacial score (nSPS) is 20.5. The van der Waals surface area contributed by atoms with Crippen molar-refractivity contribution in [2.24, 2.45) is 11.3 Å². The molecule has 0 radical (unpaired) electrons. The first-order valence-corrected chi connectivity index (χ1v) is 7.86. The van der Waals surface area contributed by atoms with Gasteiger partial charge in [-0.3, -0.25) is 9.88 Å². The van der Waals surface area contributed by atoms with Gasteiger partial charge in [-0.05, 0) is 42.5 Å². The van der Waals surface area contributed by atoms with Crippen LogP contribution in [0.1, 0.15) is 45.4 Å². The molecule has 2 heterocycles. The van der Waals surface area contributed by atoms with Crippen molar-refractivity contribution in [2.45, 2.75) is 47.2 Å². The van der Waals surface area contributed by atoms with Gasteiger partial charge in [-0.25, -0.2) is 0 Å². The van der Waals surface area contributed by atoms with Crippen LogP contribution in [0.2, 0.25) is 0 Å². The Labute approximate surface area is 123 Å². The van der Waals surface area contributed by atoms with Crippen molar-refractivity contribution in [2.75, 3.05) is 19.6 Å². The van der Waals surface area contributed by atoms with Crippen LogP contribution in [0.4, 0.5) is 0 Å². The first-order valence-electron chi connectivity index (χ1n) is 7.86. The molecular formula is C17H29N3. The zero-order valence-electron chi connectivity index (χ0n) is 13.4. The summed E-state index contributed by atoms with van der Waals surface area (Å²) in [6, 6.07) is 4.37. The van der Waals surface area contributed by atoms with Gasteiger partial charge in [0.1, 0.15) is 0 Å². The lowest BCUT2D eigenvalue weighted by atomic mass is 9.80. The third-order valence-electron chi connectivity index (χ3n) is 4.35. The fourth-order valence-electron chi connectivity index (χ4n) is 2.83. The lowest BCUT2D eigenvalue weighted by Gasteiger charge is -2.27. The molecule has 1 aliphatic rings. The number of pyridine rings is 1. The monoisotopic (exact) mass is 275 g/mol. The highest BCUT2D eigenvalue weighted by Gasteiger charge is 2.31. The van der Waals surface area contributed by atoms with Crippen molar-refractivity contribution in [1.82, 2.24) is 15.2 Å². The molecule has 3 nitrogen and oxygen atoms in total. The third-order valence-corrected chi connectivity index (χ3v) is 4.35. The van der Waals surface area contributed by atoms with E-state index in [1.54, 1.807) is 0 Å². The fraction of sp³-hybridized carbons (Fsp3) is 0.706. The van der Waals surface area contributed by atoms with Crippen LogP contribution in [0, 0.1) is 11.3 Å². The summed E-state index contributed by atoms with van der Waals surface area (Å²) in [5.74, 6) is 0.815. The molecule has 1 N–H and O–H groups in total. The predicted octanol–water partition coefficient (Wildman–Crippen LogP) is 3.06. The van der Waals surface area contributed by atoms with Crippen molar-refractivity contribution < 1.29 is 0 Å². The summed E-state index contributed by atoms with van der Waals surface area (Å²) in [6.07, 6.45) is 3.33. The van der Waals surface area contributed by atoms with Gasteiger partial charge in [0.15, 0.2) is 0 Å². The van der Waals surface area contributed by atoms with Gasteiger partial charge in [0.05, 0.1) is 5.69 Å². The summed E-state index contributed by atoms with van der Waals surface area (Å²) in [6.45, 7) is 14.5. The second-order valence-corrected chi connectivity index (χ2v) is 7.02. The van der Waals surface area contributed by atoms with Crippen LogP contribution >= 0.6 is 0 Å². The molecule has 1 aliphatic heterocycles. The molecule has 112 valence electrons. The Morgan fingerprint density at radius 2 is 2.15 bits per heavy atom.